The van der Waals surface area contributed by atoms with Crippen LogP contribution in [0.2, 0.25) is 0 Å². The number of hydrogen-bond acceptors (Lipinski definition) is 5. The topological polar surface area (TPSA) is 68.1 Å². The molecule has 0 aliphatic heterocycles. The highest BCUT2D eigenvalue weighted by molar-refractivity contribution is 6.43. The van der Waals surface area contributed by atoms with Gasteiger partial charge >= 0.3 is 5.97 Å². The zero-order valence-electron chi connectivity index (χ0n) is 11.3. The van der Waals surface area contributed by atoms with Gasteiger partial charge in [-0.05, 0) is 25.3 Å². The van der Waals surface area contributed by atoms with E-state index >= 15 is 0 Å². The van der Waals surface area contributed by atoms with Crippen LogP contribution < -0.4 is 0 Å². The fraction of sp³-hybridized carbons (Fsp3) is 0.429. The Balaban J connectivity index is 2.71. The summed E-state index contributed by atoms with van der Waals surface area (Å²) in [7, 11) is 1.67. The second-order valence-corrected chi connectivity index (χ2v) is 3.96. The molecule has 0 radical (unpaired) electrons. The van der Waals surface area contributed by atoms with Gasteiger partial charge in [-0.2, -0.15) is 0 Å². The van der Waals surface area contributed by atoms with Crippen LogP contribution in [0.1, 0.15) is 24.5 Å². The van der Waals surface area contributed by atoms with E-state index in [1.54, 1.807) is 26.2 Å². The number of oxime groups is 1. The van der Waals surface area contributed by atoms with Gasteiger partial charge in [0, 0.05) is 19.3 Å². The highest BCUT2D eigenvalue weighted by Gasteiger charge is 2.15. The number of ether oxygens (including phenoxy) is 2. The minimum absolute atomic E-state index is 0.0784. The predicted molar refractivity (Wildman–Crippen MR) is 71.6 cm³/mol. The molecule has 0 saturated heterocycles. The van der Waals surface area contributed by atoms with Crippen molar-refractivity contribution in [3.05, 3.63) is 35.4 Å². The molecule has 0 fully saturated rings. The van der Waals surface area contributed by atoms with Crippen molar-refractivity contribution in [2.75, 3.05) is 20.3 Å². The third-order valence-corrected chi connectivity index (χ3v) is 2.61. The van der Waals surface area contributed by atoms with E-state index in [9.17, 15) is 4.79 Å². The maximum Gasteiger partial charge on any atom is 0.361 e. The number of aryl methyl sites for hydroxylation is 1. The van der Waals surface area contributed by atoms with Crippen LogP contribution in [0.25, 0.3) is 0 Å². The summed E-state index contributed by atoms with van der Waals surface area (Å²) in [4.78, 5) is 11.5. The van der Waals surface area contributed by atoms with Crippen molar-refractivity contribution in [1.29, 1.82) is 0 Å². The fourth-order valence-electron chi connectivity index (χ4n) is 1.67. The van der Waals surface area contributed by atoms with Crippen molar-refractivity contribution in [2.24, 2.45) is 5.16 Å². The number of esters is 1. The average Bonchev–Trinajstić information content (AvgIpc) is 2.42. The molecule has 5 nitrogen and oxygen atoms in total. The molecule has 1 aromatic rings. The first-order valence-electron chi connectivity index (χ1n) is 6.20. The van der Waals surface area contributed by atoms with Gasteiger partial charge in [-0.3, -0.25) is 0 Å². The number of hydrogen-bond donors (Lipinski definition) is 1. The summed E-state index contributed by atoms with van der Waals surface area (Å²) in [6.07, 6.45) is 1.84. The van der Waals surface area contributed by atoms with Crippen molar-refractivity contribution in [2.45, 2.75) is 19.8 Å². The molecule has 1 rings (SSSR count). The van der Waals surface area contributed by atoms with Crippen LogP contribution in [0.5, 0.6) is 0 Å². The normalized spacial score (nSPS) is 11.4. The van der Waals surface area contributed by atoms with Crippen LogP contribution in [0.15, 0.2) is 29.4 Å². The lowest BCUT2D eigenvalue weighted by Crippen LogP contribution is -2.18. The average molecular weight is 265 g/mol. The Hall–Kier alpha value is -1.88. The molecule has 0 atom stereocenters. The molecule has 0 aromatic heterocycles. The summed E-state index contributed by atoms with van der Waals surface area (Å²) in [5.74, 6) is -0.628. The predicted octanol–water partition coefficient (Wildman–Crippen LogP) is 2.01. The Morgan fingerprint density at radius 2 is 2.00 bits per heavy atom. The summed E-state index contributed by atoms with van der Waals surface area (Å²) in [5, 5.41) is 11.9. The van der Waals surface area contributed by atoms with Crippen molar-refractivity contribution < 1.29 is 19.5 Å². The lowest BCUT2D eigenvalue weighted by atomic mass is 10.0. The van der Waals surface area contributed by atoms with Gasteiger partial charge < -0.3 is 14.7 Å². The first-order chi connectivity index (χ1) is 9.22. The maximum absolute atomic E-state index is 11.5. The first kappa shape index (κ1) is 15.2. The van der Waals surface area contributed by atoms with E-state index in [0.29, 0.717) is 12.2 Å². The molecular weight excluding hydrogens is 246 g/mol. The van der Waals surface area contributed by atoms with Gasteiger partial charge in [0.25, 0.3) is 0 Å². The molecule has 0 spiro atoms. The summed E-state index contributed by atoms with van der Waals surface area (Å²) < 4.78 is 9.80. The van der Waals surface area contributed by atoms with E-state index in [0.717, 1.165) is 18.4 Å². The van der Waals surface area contributed by atoms with E-state index in [1.807, 2.05) is 12.1 Å². The smallest absolute Gasteiger partial charge is 0.361 e. The van der Waals surface area contributed by atoms with E-state index < -0.39 is 5.97 Å². The van der Waals surface area contributed by atoms with Gasteiger partial charge in [0.15, 0.2) is 5.71 Å². The molecule has 0 unspecified atom stereocenters. The van der Waals surface area contributed by atoms with Gasteiger partial charge in [-0.15, -0.1) is 0 Å². The van der Waals surface area contributed by atoms with E-state index in [-0.39, 0.29) is 12.3 Å². The lowest BCUT2D eigenvalue weighted by Gasteiger charge is -2.06. The standard InChI is InChI=1S/C14H19NO4/c1-3-19-14(16)13(15-17)12-8-6-11(7-9-12)5-4-10-18-2/h6-9,17H,3-5,10H2,1-2H3/b15-13-. The minimum Gasteiger partial charge on any atom is -0.461 e. The zero-order chi connectivity index (χ0) is 14.1. The monoisotopic (exact) mass is 265 g/mol. The first-order valence-corrected chi connectivity index (χ1v) is 6.20. The number of methoxy groups -OCH3 is 1. The quantitative estimate of drug-likeness (QED) is 0.269. The van der Waals surface area contributed by atoms with E-state index in [2.05, 4.69) is 5.16 Å². The summed E-state index contributed by atoms with van der Waals surface area (Å²) in [5.41, 5.74) is 1.60. The third kappa shape index (κ3) is 4.71. The molecule has 0 bridgehead atoms. The summed E-state index contributed by atoms with van der Waals surface area (Å²) >= 11 is 0. The van der Waals surface area contributed by atoms with Crippen molar-refractivity contribution in [3.63, 3.8) is 0 Å². The highest BCUT2D eigenvalue weighted by atomic mass is 16.5. The van der Waals surface area contributed by atoms with Gasteiger partial charge in [0.2, 0.25) is 0 Å². The van der Waals surface area contributed by atoms with E-state index in [4.69, 9.17) is 14.7 Å². The van der Waals surface area contributed by atoms with Crippen LogP contribution in [0, 0.1) is 0 Å². The van der Waals surface area contributed by atoms with Gasteiger partial charge in [-0.25, -0.2) is 4.79 Å². The molecule has 0 aliphatic carbocycles. The Labute approximate surface area is 112 Å². The maximum atomic E-state index is 11.5. The summed E-state index contributed by atoms with van der Waals surface area (Å²) in [6, 6.07) is 7.28. The zero-order valence-corrected chi connectivity index (χ0v) is 11.3. The number of rotatable bonds is 7. The number of carbonyl (C=O) groups is 1. The molecular formula is C14H19NO4. The molecule has 0 saturated carbocycles. The Bertz CT molecular complexity index is 426. The second kappa shape index (κ2) is 8.26. The molecule has 104 valence electrons. The van der Waals surface area contributed by atoms with Crippen LogP contribution in [0.4, 0.5) is 0 Å². The Morgan fingerprint density at radius 3 is 2.53 bits per heavy atom. The highest BCUT2D eigenvalue weighted by Crippen LogP contribution is 2.09. The fourth-order valence-corrected chi connectivity index (χ4v) is 1.67. The SMILES string of the molecule is CCOC(=O)/C(=N\O)c1ccc(CCCOC)cc1. The van der Waals surface area contributed by atoms with Crippen molar-refractivity contribution in [1.82, 2.24) is 0 Å². The molecule has 5 heteroatoms. The largest absolute Gasteiger partial charge is 0.461 e. The van der Waals surface area contributed by atoms with Crippen LogP contribution in [-0.4, -0.2) is 37.2 Å². The molecule has 1 N–H and O–H groups in total. The van der Waals surface area contributed by atoms with Crippen molar-refractivity contribution in [3.8, 4) is 0 Å². The third-order valence-electron chi connectivity index (χ3n) is 2.61. The summed E-state index contributed by atoms with van der Waals surface area (Å²) in [6.45, 7) is 2.66. The van der Waals surface area contributed by atoms with E-state index in [1.165, 1.54) is 0 Å². The van der Waals surface area contributed by atoms with Crippen LogP contribution >= 0.6 is 0 Å². The molecule has 1 aromatic carbocycles. The van der Waals surface area contributed by atoms with Crippen LogP contribution in [0.3, 0.4) is 0 Å². The van der Waals surface area contributed by atoms with Gasteiger partial charge in [0.05, 0.1) is 6.61 Å². The molecule has 0 amide bonds. The molecule has 19 heavy (non-hydrogen) atoms. The number of benzene rings is 1. The number of carbonyl (C=O) groups excluding carboxylic acids is 1. The minimum atomic E-state index is -0.628. The van der Waals surface area contributed by atoms with Gasteiger partial charge in [0.1, 0.15) is 0 Å². The Morgan fingerprint density at radius 1 is 1.32 bits per heavy atom. The molecule has 0 heterocycles. The molecule has 0 aliphatic rings. The lowest BCUT2D eigenvalue weighted by molar-refractivity contribution is -0.135. The second-order valence-electron chi connectivity index (χ2n) is 3.96. The van der Waals surface area contributed by atoms with Gasteiger partial charge in [-0.1, -0.05) is 29.4 Å². The Kier molecular flexibility index (Phi) is 6.60. The number of nitrogens with zero attached hydrogens (tertiary/aromatic N) is 1. The van der Waals surface area contributed by atoms with Crippen molar-refractivity contribution >= 4 is 11.7 Å². The van der Waals surface area contributed by atoms with Crippen LogP contribution in [-0.2, 0) is 20.7 Å².